The van der Waals surface area contributed by atoms with E-state index in [1.165, 1.54) is 23.3 Å². The smallest absolute Gasteiger partial charge is 0.129 e. The number of hydrogen-bond donors (Lipinski definition) is 1. The maximum atomic E-state index is 9.51. The summed E-state index contributed by atoms with van der Waals surface area (Å²) in [6.07, 6.45) is 3.67. The molecule has 0 spiro atoms. The average molecular weight is 418 g/mol. The molecule has 0 aliphatic carbocycles. The maximum Gasteiger partial charge on any atom is 0.129 e. The van der Waals surface area contributed by atoms with Gasteiger partial charge in [0.25, 0.3) is 0 Å². The first kappa shape index (κ1) is 18.8. The van der Waals surface area contributed by atoms with Crippen LogP contribution in [0.25, 0.3) is 6.08 Å². The van der Waals surface area contributed by atoms with Gasteiger partial charge in [0.2, 0.25) is 0 Å². The van der Waals surface area contributed by atoms with Gasteiger partial charge in [-0.05, 0) is 47.4 Å². The molecule has 1 N–H and O–H groups in total. The Morgan fingerprint density at radius 1 is 1.12 bits per heavy atom. The van der Waals surface area contributed by atoms with Gasteiger partial charge < -0.3 is 5.32 Å². The molecule has 26 heavy (non-hydrogen) atoms. The summed E-state index contributed by atoms with van der Waals surface area (Å²) in [6.45, 7) is 0. The van der Waals surface area contributed by atoms with E-state index in [2.05, 4.69) is 15.8 Å². The number of thioether (sulfide) groups is 1. The number of aromatic nitrogens is 1. The molecule has 0 aliphatic rings. The van der Waals surface area contributed by atoms with E-state index in [4.69, 9.17) is 23.2 Å². The zero-order chi connectivity index (χ0) is 18.4. The van der Waals surface area contributed by atoms with Crippen LogP contribution < -0.4 is 5.32 Å². The van der Waals surface area contributed by atoms with Gasteiger partial charge in [0, 0.05) is 27.7 Å². The number of anilines is 1. The SMILES string of the molecule is N#Cc1c(SCc2c(Cl)cccc2Cl)nsc1C=CNc1ccccc1. The molecule has 7 heteroatoms. The van der Waals surface area contributed by atoms with Crippen LogP contribution in [0.15, 0.2) is 59.8 Å². The summed E-state index contributed by atoms with van der Waals surface area (Å²) in [5.74, 6) is 0.558. The predicted octanol–water partition coefficient (Wildman–Crippen LogP) is 6.70. The summed E-state index contributed by atoms with van der Waals surface area (Å²) >= 11 is 15.2. The van der Waals surface area contributed by atoms with Crippen LogP contribution in [0.1, 0.15) is 16.0 Å². The molecule has 0 radical (unpaired) electrons. The minimum atomic E-state index is 0.558. The molecule has 0 amide bonds. The number of para-hydroxylation sites is 1. The Balaban J connectivity index is 1.71. The minimum Gasteiger partial charge on any atom is -0.362 e. The molecule has 0 aliphatic heterocycles. The third kappa shape index (κ3) is 4.60. The molecule has 0 fully saturated rings. The van der Waals surface area contributed by atoms with Crippen molar-refractivity contribution in [3.8, 4) is 6.07 Å². The maximum absolute atomic E-state index is 9.51. The molecule has 130 valence electrons. The molecule has 0 bridgehead atoms. The van der Waals surface area contributed by atoms with Crippen LogP contribution in [0.5, 0.6) is 0 Å². The lowest BCUT2D eigenvalue weighted by atomic mass is 10.2. The Morgan fingerprint density at radius 2 is 1.85 bits per heavy atom. The van der Waals surface area contributed by atoms with E-state index in [0.29, 0.717) is 26.4 Å². The standard InChI is InChI=1S/C19H13Cl2N3S2/c20-16-7-4-8-17(21)15(16)12-25-19-14(11-22)18(26-24-19)9-10-23-13-5-2-1-3-6-13/h1-10,23H,12H2. The Bertz CT molecular complexity index is 942. The molecule has 3 nitrogen and oxygen atoms in total. The number of nitrogens with zero attached hydrogens (tertiary/aromatic N) is 2. The Labute approximate surface area is 170 Å². The van der Waals surface area contributed by atoms with Gasteiger partial charge in [-0.1, -0.05) is 59.2 Å². The van der Waals surface area contributed by atoms with Gasteiger partial charge in [0.05, 0.1) is 4.88 Å². The second kappa shape index (κ2) is 9.11. The van der Waals surface area contributed by atoms with Gasteiger partial charge in [0.1, 0.15) is 16.7 Å². The normalized spacial score (nSPS) is 10.8. The van der Waals surface area contributed by atoms with Crippen LogP contribution in [0, 0.1) is 11.3 Å². The lowest BCUT2D eigenvalue weighted by molar-refractivity contribution is 1.24. The van der Waals surface area contributed by atoms with Crippen molar-refractivity contribution in [1.29, 1.82) is 5.26 Å². The highest BCUT2D eigenvalue weighted by Crippen LogP contribution is 2.34. The molecular weight excluding hydrogens is 405 g/mol. The van der Waals surface area contributed by atoms with Crippen molar-refractivity contribution >= 4 is 58.3 Å². The number of nitrogens with one attached hydrogen (secondary N) is 1. The van der Waals surface area contributed by atoms with Gasteiger partial charge >= 0.3 is 0 Å². The Hall–Kier alpha value is -1.97. The third-order valence-corrected chi connectivity index (χ3v) is 6.11. The monoisotopic (exact) mass is 417 g/mol. The van der Waals surface area contributed by atoms with Crippen LogP contribution in [-0.2, 0) is 5.75 Å². The first-order valence-corrected chi connectivity index (χ1v) is 10.1. The van der Waals surface area contributed by atoms with E-state index in [-0.39, 0.29) is 0 Å². The van der Waals surface area contributed by atoms with E-state index >= 15 is 0 Å². The van der Waals surface area contributed by atoms with Crippen LogP contribution >= 0.6 is 46.5 Å². The number of hydrogen-bond acceptors (Lipinski definition) is 5. The third-order valence-electron chi connectivity index (χ3n) is 3.47. The van der Waals surface area contributed by atoms with E-state index in [0.717, 1.165) is 16.1 Å². The van der Waals surface area contributed by atoms with Gasteiger partial charge in [-0.25, -0.2) is 0 Å². The number of rotatable bonds is 6. The van der Waals surface area contributed by atoms with Crippen molar-refractivity contribution in [3.05, 3.63) is 80.8 Å². The Morgan fingerprint density at radius 3 is 2.54 bits per heavy atom. The molecule has 0 atom stereocenters. The molecule has 0 unspecified atom stereocenters. The van der Waals surface area contributed by atoms with Crippen molar-refractivity contribution in [1.82, 2.24) is 4.37 Å². The highest BCUT2D eigenvalue weighted by Gasteiger charge is 2.14. The predicted molar refractivity (Wildman–Crippen MR) is 112 cm³/mol. The second-order valence-corrected chi connectivity index (χ2v) is 7.75. The van der Waals surface area contributed by atoms with Crippen molar-refractivity contribution in [2.45, 2.75) is 10.8 Å². The first-order valence-electron chi connectivity index (χ1n) is 7.62. The Kier molecular flexibility index (Phi) is 6.59. The van der Waals surface area contributed by atoms with Gasteiger partial charge in [-0.2, -0.15) is 9.64 Å². The number of benzene rings is 2. The summed E-state index contributed by atoms with van der Waals surface area (Å²) in [4.78, 5) is 0.809. The quantitative estimate of drug-likeness (QED) is 0.453. The number of nitriles is 1. The summed E-state index contributed by atoms with van der Waals surface area (Å²) in [5, 5.41) is 14.6. The number of halogens is 2. The largest absolute Gasteiger partial charge is 0.362 e. The van der Waals surface area contributed by atoms with Crippen molar-refractivity contribution in [3.63, 3.8) is 0 Å². The molecule has 2 aromatic carbocycles. The molecule has 3 rings (SSSR count). The van der Waals surface area contributed by atoms with E-state index < -0.39 is 0 Å². The fourth-order valence-corrected chi connectivity index (χ4v) is 4.77. The topological polar surface area (TPSA) is 48.7 Å². The molecule has 0 saturated heterocycles. The van der Waals surface area contributed by atoms with E-state index in [9.17, 15) is 5.26 Å². The van der Waals surface area contributed by atoms with Crippen LogP contribution in [-0.4, -0.2) is 4.37 Å². The fourth-order valence-electron chi connectivity index (χ4n) is 2.16. The lowest BCUT2D eigenvalue weighted by Gasteiger charge is -2.05. The molecular formula is C19H13Cl2N3S2. The van der Waals surface area contributed by atoms with Crippen LogP contribution in [0.4, 0.5) is 5.69 Å². The van der Waals surface area contributed by atoms with E-state index in [1.54, 1.807) is 12.1 Å². The highest BCUT2D eigenvalue weighted by atomic mass is 35.5. The van der Waals surface area contributed by atoms with Crippen molar-refractivity contribution in [2.24, 2.45) is 0 Å². The van der Waals surface area contributed by atoms with Gasteiger partial charge in [-0.3, -0.25) is 0 Å². The summed E-state index contributed by atoms with van der Waals surface area (Å²) in [6, 6.07) is 17.5. The molecule has 3 aromatic rings. The minimum absolute atomic E-state index is 0.558. The van der Waals surface area contributed by atoms with Gasteiger partial charge in [-0.15, -0.1) is 0 Å². The summed E-state index contributed by atoms with van der Waals surface area (Å²) in [5.41, 5.74) is 2.39. The molecule has 1 heterocycles. The van der Waals surface area contributed by atoms with Gasteiger partial charge in [0.15, 0.2) is 0 Å². The second-order valence-electron chi connectivity index (χ2n) is 5.17. The first-order chi connectivity index (χ1) is 12.7. The van der Waals surface area contributed by atoms with Crippen molar-refractivity contribution in [2.75, 3.05) is 5.32 Å². The van der Waals surface area contributed by atoms with Crippen molar-refractivity contribution < 1.29 is 0 Å². The zero-order valence-electron chi connectivity index (χ0n) is 13.4. The van der Waals surface area contributed by atoms with E-state index in [1.807, 2.05) is 48.7 Å². The van der Waals surface area contributed by atoms with Crippen LogP contribution in [0.3, 0.4) is 0 Å². The average Bonchev–Trinajstić information content (AvgIpc) is 3.04. The molecule has 0 saturated carbocycles. The molecule has 1 aromatic heterocycles. The fraction of sp³-hybridized carbons (Fsp3) is 0.0526. The highest BCUT2D eigenvalue weighted by molar-refractivity contribution is 7.98. The lowest BCUT2D eigenvalue weighted by Crippen LogP contribution is -1.87. The summed E-state index contributed by atoms with van der Waals surface area (Å²) in [7, 11) is 0. The zero-order valence-corrected chi connectivity index (χ0v) is 16.6. The summed E-state index contributed by atoms with van der Waals surface area (Å²) < 4.78 is 4.40. The van der Waals surface area contributed by atoms with Crippen LogP contribution in [0.2, 0.25) is 10.0 Å².